The van der Waals surface area contributed by atoms with Gasteiger partial charge >= 0.3 is 0 Å². The molecule has 0 aromatic heterocycles. The number of aryl methyl sites for hydroxylation is 5. The van der Waals surface area contributed by atoms with Crippen LogP contribution in [0.3, 0.4) is 0 Å². The van der Waals surface area contributed by atoms with E-state index in [2.05, 4.69) is 123 Å². The summed E-state index contributed by atoms with van der Waals surface area (Å²) in [6, 6.07) is 28.4. The van der Waals surface area contributed by atoms with Crippen LogP contribution in [0, 0.1) is 34.6 Å². The molecular formula is C38H42N2O2. The first-order valence-corrected chi connectivity index (χ1v) is 15.2. The second-order valence-corrected chi connectivity index (χ2v) is 11.9. The fourth-order valence-electron chi connectivity index (χ4n) is 6.91. The number of hydrogen-bond donors (Lipinski definition) is 0. The lowest BCUT2D eigenvalue weighted by molar-refractivity contribution is 0.108. The quantitative estimate of drug-likeness (QED) is 0.133. The average molecular weight is 559 g/mol. The van der Waals surface area contributed by atoms with Crippen molar-refractivity contribution in [1.29, 1.82) is 0 Å². The minimum atomic E-state index is 0.600. The van der Waals surface area contributed by atoms with E-state index in [0.29, 0.717) is 19.8 Å². The zero-order valence-electron chi connectivity index (χ0n) is 25.7. The summed E-state index contributed by atoms with van der Waals surface area (Å²) in [5.74, 6) is 0.940. The van der Waals surface area contributed by atoms with Crippen molar-refractivity contribution in [2.45, 2.75) is 47.6 Å². The minimum Gasteiger partial charge on any atom is -0.493 e. The molecule has 5 aromatic carbocycles. The summed E-state index contributed by atoms with van der Waals surface area (Å²) >= 11 is 0. The molecule has 1 heterocycles. The maximum atomic E-state index is 6.20. The standard InChI is InChI=1S/C38H42N2O2/c1-26-19-27(2)37(28(3)20-26)39-15-16-40(25-39)38-29(4)21-33(22-30(38)5)42-18-10-17-41-24-36-34-13-8-6-11-31(34)23-32-12-7-9-14-35(32)36/h6-9,11-14,19-23H,10,15-18,24-25H2,1-5H3. The van der Waals surface area contributed by atoms with E-state index in [4.69, 9.17) is 9.47 Å². The summed E-state index contributed by atoms with van der Waals surface area (Å²) in [6.07, 6.45) is 0.846. The van der Waals surface area contributed by atoms with Crippen LogP contribution in [-0.2, 0) is 11.3 Å². The Labute approximate surface area is 250 Å². The van der Waals surface area contributed by atoms with Gasteiger partial charge < -0.3 is 19.3 Å². The minimum absolute atomic E-state index is 0.600. The monoisotopic (exact) mass is 558 g/mol. The van der Waals surface area contributed by atoms with Gasteiger partial charge in [-0.3, -0.25) is 0 Å². The maximum absolute atomic E-state index is 6.20. The average Bonchev–Trinajstić information content (AvgIpc) is 3.42. The van der Waals surface area contributed by atoms with Crippen molar-refractivity contribution in [1.82, 2.24) is 0 Å². The summed E-state index contributed by atoms with van der Waals surface area (Å²) in [6.45, 7) is 15.9. The van der Waals surface area contributed by atoms with Gasteiger partial charge in [-0.1, -0.05) is 66.2 Å². The number of hydrogen-bond acceptors (Lipinski definition) is 4. The van der Waals surface area contributed by atoms with Gasteiger partial charge in [-0.2, -0.15) is 0 Å². The van der Waals surface area contributed by atoms with E-state index >= 15 is 0 Å². The zero-order chi connectivity index (χ0) is 29.2. The van der Waals surface area contributed by atoms with Gasteiger partial charge in [0.2, 0.25) is 0 Å². The molecule has 4 nitrogen and oxygen atoms in total. The Hall–Kier alpha value is -4.02. The molecule has 0 atom stereocenters. The highest BCUT2D eigenvalue weighted by atomic mass is 16.5. The van der Waals surface area contributed by atoms with Crippen LogP contribution in [0.15, 0.2) is 78.9 Å². The largest absolute Gasteiger partial charge is 0.493 e. The molecule has 1 aliphatic rings. The highest BCUT2D eigenvalue weighted by Gasteiger charge is 2.25. The number of ether oxygens (including phenoxy) is 2. The first-order valence-electron chi connectivity index (χ1n) is 15.2. The molecule has 0 bridgehead atoms. The molecule has 0 radical (unpaired) electrons. The number of benzene rings is 5. The van der Waals surface area contributed by atoms with Crippen molar-refractivity contribution in [3.8, 4) is 5.75 Å². The molecular weight excluding hydrogens is 516 g/mol. The third-order valence-electron chi connectivity index (χ3n) is 8.54. The van der Waals surface area contributed by atoms with E-state index in [1.165, 1.54) is 66.3 Å². The summed E-state index contributed by atoms with van der Waals surface area (Å²) in [5.41, 5.74) is 10.6. The molecule has 0 spiro atoms. The molecule has 0 unspecified atom stereocenters. The van der Waals surface area contributed by atoms with Crippen LogP contribution in [0.1, 0.15) is 39.8 Å². The van der Waals surface area contributed by atoms with Gasteiger partial charge in [0.05, 0.1) is 26.5 Å². The van der Waals surface area contributed by atoms with E-state index in [1.54, 1.807) is 0 Å². The lowest BCUT2D eigenvalue weighted by Gasteiger charge is -2.27. The van der Waals surface area contributed by atoms with Crippen molar-refractivity contribution >= 4 is 32.9 Å². The predicted octanol–water partition coefficient (Wildman–Crippen LogP) is 8.80. The molecule has 42 heavy (non-hydrogen) atoms. The van der Waals surface area contributed by atoms with E-state index in [9.17, 15) is 0 Å². The number of fused-ring (bicyclic) bond motifs is 2. The SMILES string of the molecule is Cc1cc(C)c(N2CCN(c3c(C)cc(OCCCOCc4c5ccccc5cc5ccccc45)cc3C)C2)c(C)c1. The highest BCUT2D eigenvalue weighted by molar-refractivity contribution is 6.02. The van der Waals surface area contributed by atoms with E-state index in [1.807, 2.05) is 0 Å². The summed E-state index contributed by atoms with van der Waals surface area (Å²) in [4.78, 5) is 5.03. The van der Waals surface area contributed by atoms with E-state index in [0.717, 1.165) is 31.9 Å². The fraction of sp³-hybridized carbons (Fsp3) is 0.316. The highest BCUT2D eigenvalue weighted by Crippen LogP contribution is 2.35. The van der Waals surface area contributed by atoms with Crippen LogP contribution < -0.4 is 14.5 Å². The summed E-state index contributed by atoms with van der Waals surface area (Å²) in [5, 5.41) is 5.05. The second-order valence-electron chi connectivity index (χ2n) is 11.9. The van der Waals surface area contributed by atoms with Gasteiger partial charge in [0.1, 0.15) is 5.75 Å². The van der Waals surface area contributed by atoms with Gasteiger partial charge in [-0.25, -0.2) is 0 Å². The number of nitrogens with zero attached hydrogens (tertiary/aromatic N) is 2. The van der Waals surface area contributed by atoms with Crippen LogP contribution in [0.5, 0.6) is 5.75 Å². The Kier molecular flexibility index (Phi) is 8.08. The Bertz CT molecular complexity index is 1640. The molecule has 1 saturated heterocycles. The molecule has 6 rings (SSSR count). The van der Waals surface area contributed by atoms with E-state index in [-0.39, 0.29) is 0 Å². The van der Waals surface area contributed by atoms with Crippen LogP contribution in [0.2, 0.25) is 0 Å². The Morgan fingerprint density at radius 2 is 1.14 bits per heavy atom. The number of rotatable bonds is 9. The van der Waals surface area contributed by atoms with Gasteiger partial charge in [0, 0.05) is 30.9 Å². The van der Waals surface area contributed by atoms with Crippen LogP contribution in [-0.4, -0.2) is 33.0 Å². The first-order chi connectivity index (χ1) is 20.4. The molecule has 1 fully saturated rings. The predicted molar refractivity (Wildman–Crippen MR) is 177 cm³/mol. The van der Waals surface area contributed by atoms with Gasteiger partial charge in [-0.15, -0.1) is 0 Å². The third-order valence-corrected chi connectivity index (χ3v) is 8.54. The smallest absolute Gasteiger partial charge is 0.119 e. The second kappa shape index (κ2) is 12.1. The van der Waals surface area contributed by atoms with Crippen molar-refractivity contribution in [3.05, 3.63) is 112 Å². The molecule has 5 aromatic rings. The van der Waals surface area contributed by atoms with Crippen LogP contribution in [0.25, 0.3) is 21.5 Å². The molecule has 216 valence electrons. The van der Waals surface area contributed by atoms with Gasteiger partial charge in [-0.05, 0) is 102 Å². The Morgan fingerprint density at radius 3 is 1.71 bits per heavy atom. The molecule has 0 aliphatic carbocycles. The van der Waals surface area contributed by atoms with Crippen molar-refractivity contribution in [3.63, 3.8) is 0 Å². The van der Waals surface area contributed by atoms with Gasteiger partial charge in [0.25, 0.3) is 0 Å². The van der Waals surface area contributed by atoms with Crippen LogP contribution in [0.4, 0.5) is 11.4 Å². The summed E-state index contributed by atoms with van der Waals surface area (Å²) < 4.78 is 12.4. The van der Waals surface area contributed by atoms with Crippen molar-refractivity contribution < 1.29 is 9.47 Å². The van der Waals surface area contributed by atoms with E-state index < -0.39 is 0 Å². The van der Waals surface area contributed by atoms with Crippen molar-refractivity contribution in [2.24, 2.45) is 0 Å². The lowest BCUT2D eigenvalue weighted by atomic mass is 9.97. The molecule has 1 aliphatic heterocycles. The molecule has 0 amide bonds. The first kappa shape index (κ1) is 28.1. The Balaban J connectivity index is 1.04. The van der Waals surface area contributed by atoms with Gasteiger partial charge in [0.15, 0.2) is 0 Å². The van der Waals surface area contributed by atoms with Crippen LogP contribution >= 0.6 is 0 Å². The van der Waals surface area contributed by atoms with Crippen molar-refractivity contribution in [2.75, 3.05) is 42.8 Å². The normalized spacial score (nSPS) is 13.5. The zero-order valence-corrected chi connectivity index (χ0v) is 25.7. The molecule has 0 saturated carbocycles. The Morgan fingerprint density at radius 1 is 0.619 bits per heavy atom. The topological polar surface area (TPSA) is 24.9 Å². The molecule has 4 heteroatoms. The number of anilines is 2. The molecule has 0 N–H and O–H groups in total. The lowest BCUT2D eigenvalue weighted by Crippen LogP contribution is -2.27. The maximum Gasteiger partial charge on any atom is 0.119 e. The summed E-state index contributed by atoms with van der Waals surface area (Å²) in [7, 11) is 0. The third kappa shape index (κ3) is 5.69. The fourth-order valence-corrected chi connectivity index (χ4v) is 6.91.